The first-order valence-corrected chi connectivity index (χ1v) is 5.07. The van der Waals surface area contributed by atoms with Crippen molar-refractivity contribution in [3.63, 3.8) is 0 Å². The first kappa shape index (κ1) is 13.5. The number of carbonyl (C=O) groups is 1. The van der Waals surface area contributed by atoms with E-state index in [2.05, 4.69) is 4.89 Å². The van der Waals surface area contributed by atoms with Crippen molar-refractivity contribution in [2.75, 3.05) is 7.11 Å². The van der Waals surface area contributed by atoms with Crippen molar-refractivity contribution in [1.82, 2.24) is 0 Å². The normalized spacial score (nSPS) is 19.4. The molecule has 0 unspecified atom stereocenters. The van der Waals surface area contributed by atoms with Crippen molar-refractivity contribution in [2.24, 2.45) is 11.7 Å². The molecule has 0 radical (unpaired) electrons. The fourth-order valence-corrected chi connectivity index (χ4v) is 1.83. The van der Waals surface area contributed by atoms with Crippen LogP contribution >= 0.6 is 0 Å². The molecule has 1 aliphatic carbocycles. The fourth-order valence-electron chi connectivity index (χ4n) is 1.83. The molecule has 0 heterocycles. The van der Waals surface area contributed by atoms with Gasteiger partial charge in [0, 0.05) is 1.43 Å². The third-order valence-corrected chi connectivity index (χ3v) is 2.63. The van der Waals surface area contributed by atoms with E-state index in [4.69, 9.17) is 11.0 Å². The second-order valence-electron chi connectivity index (χ2n) is 3.72. The number of rotatable bonds is 2. The molecular formula is C10H23NO3. The summed E-state index contributed by atoms with van der Waals surface area (Å²) in [6.45, 7) is 1.60. The van der Waals surface area contributed by atoms with Gasteiger partial charge in [-0.3, -0.25) is 10.1 Å². The molecule has 0 aliphatic heterocycles. The predicted molar refractivity (Wildman–Crippen MR) is 57.0 cm³/mol. The standard InChI is InChI=1S/C9H17NO.CH4O2.H2/c1-7(11)9(10)8-5-3-2-4-6-8;1-3-2;/h8-9H,2-6,10H2,1H3;2H,1H3;1H/t9-;;/m1../s1. The quantitative estimate of drug-likeness (QED) is 0.533. The fraction of sp³-hybridized carbons (Fsp3) is 0.900. The minimum atomic E-state index is -0.185. The second-order valence-corrected chi connectivity index (χ2v) is 3.72. The molecule has 1 rings (SSSR count). The molecule has 1 saturated carbocycles. The van der Waals surface area contributed by atoms with Crippen LogP contribution in [0.15, 0.2) is 0 Å². The van der Waals surface area contributed by atoms with E-state index in [9.17, 15) is 4.79 Å². The molecule has 0 aromatic carbocycles. The number of ketones is 1. The SMILES string of the molecule is CC(=O)[C@@H](N)C1CCCCC1.COO.[HH]. The summed E-state index contributed by atoms with van der Waals surface area (Å²) in [5, 5.41) is 7.07. The van der Waals surface area contributed by atoms with Gasteiger partial charge >= 0.3 is 0 Å². The molecule has 0 bridgehead atoms. The zero-order chi connectivity index (χ0) is 11.0. The highest BCUT2D eigenvalue weighted by Gasteiger charge is 2.22. The van der Waals surface area contributed by atoms with Gasteiger partial charge in [-0.2, -0.15) is 0 Å². The van der Waals surface area contributed by atoms with Crippen molar-refractivity contribution in [1.29, 1.82) is 0 Å². The van der Waals surface area contributed by atoms with Crippen LogP contribution in [0.25, 0.3) is 0 Å². The zero-order valence-electron chi connectivity index (χ0n) is 9.03. The molecule has 14 heavy (non-hydrogen) atoms. The molecule has 0 saturated heterocycles. The lowest BCUT2D eigenvalue weighted by atomic mass is 9.83. The Bertz CT molecular complexity index is 161. The van der Waals surface area contributed by atoms with Crippen LogP contribution in [0, 0.1) is 5.92 Å². The average molecular weight is 205 g/mol. The lowest BCUT2D eigenvalue weighted by Crippen LogP contribution is -2.37. The summed E-state index contributed by atoms with van der Waals surface area (Å²) in [5.41, 5.74) is 5.74. The van der Waals surface area contributed by atoms with Gasteiger partial charge in [-0.1, -0.05) is 19.3 Å². The number of hydrogen-bond donors (Lipinski definition) is 2. The van der Waals surface area contributed by atoms with Crippen molar-refractivity contribution in [2.45, 2.75) is 45.1 Å². The lowest BCUT2D eigenvalue weighted by Gasteiger charge is -2.25. The maximum atomic E-state index is 10.9. The smallest absolute Gasteiger partial charge is 0.146 e. The largest absolute Gasteiger partial charge is 0.321 e. The van der Waals surface area contributed by atoms with E-state index in [-0.39, 0.29) is 13.3 Å². The van der Waals surface area contributed by atoms with E-state index >= 15 is 0 Å². The third kappa shape index (κ3) is 5.32. The third-order valence-electron chi connectivity index (χ3n) is 2.63. The van der Waals surface area contributed by atoms with Gasteiger partial charge in [0.2, 0.25) is 0 Å². The molecule has 1 fully saturated rings. The van der Waals surface area contributed by atoms with Crippen molar-refractivity contribution >= 4 is 5.78 Å². The van der Waals surface area contributed by atoms with Crippen LogP contribution in [-0.2, 0) is 9.68 Å². The van der Waals surface area contributed by atoms with E-state index in [1.165, 1.54) is 26.4 Å². The van der Waals surface area contributed by atoms with Gasteiger partial charge < -0.3 is 5.73 Å². The highest BCUT2D eigenvalue weighted by Crippen LogP contribution is 2.25. The summed E-state index contributed by atoms with van der Waals surface area (Å²) in [7, 11) is 1.18. The minimum absolute atomic E-state index is 0. The minimum Gasteiger partial charge on any atom is -0.321 e. The van der Waals surface area contributed by atoms with Gasteiger partial charge in [-0.15, -0.1) is 0 Å². The average Bonchev–Trinajstić information content (AvgIpc) is 2.19. The van der Waals surface area contributed by atoms with Crippen LogP contribution in [0.3, 0.4) is 0 Å². The topological polar surface area (TPSA) is 72.6 Å². The Morgan fingerprint density at radius 2 is 1.93 bits per heavy atom. The molecule has 4 heteroatoms. The van der Waals surface area contributed by atoms with Crippen LogP contribution in [0.5, 0.6) is 0 Å². The van der Waals surface area contributed by atoms with Gasteiger partial charge in [0.15, 0.2) is 0 Å². The van der Waals surface area contributed by atoms with E-state index < -0.39 is 0 Å². The Balaban J connectivity index is 0. The Morgan fingerprint density at radius 1 is 1.50 bits per heavy atom. The second kappa shape index (κ2) is 7.91. The summed E-state index contributed by atoms with van der Waals surface area (Å²) in [6.07, 6.45) is 6.14. The Kier molecular flexibility index (Phi) is 7.65. The number of hydrogen-bond acceptors (Lipinski definition) is 4. The van der Waals surface area contributed by atoms with Crippen molar-refractivity contribution in [3.8, 4) is 0 Å². The molecule has 0 spiro atoms. The summed E-state index contributed by atoms with van der Waals surface area (Å²) < 4.78 is 0. The van der Waals surface area contributed by atoms with Gasteiger partial charge in [-0.25, -0.2) is 4.89 Å². The molecule has 0 amide bonds. The Labute approximate surface area is 86.8 Å². The Hall–Kier alpha value is -0.450. The maximum absolute atomic E-state index is 10.9. The van der Waals surface area contributed by atoms with Crippen LogP contribution in [0.1, 0.15) is 40.5 Å². The highest BCUT2D eigenvalue weighted by molar-refractivity contribution is 5.81. The van der Waals surface area contributed by atoms with Gasteiger partial charge in [0.1, 0.15) is 5.78 Å². The molecule has 0 aromatic heterocycles. The highest BCUT2D eigenvalue weighted by atomic mass is 17.1. The molecule has 4 nitrogen and oxygen atoms in total. The lowest BCUT2D eigenvalue weighted by molar-refractivity contribution is -0.214. The number of nitrogens with two attached hydrogens (primary N) is 1. The summed E-state index contributed by atoms with van der Waals surface area (Å²) >= 11 is 0. The Morgan fingerprint density at radius 3 is 2.29 bits per heavy atom. The van der Waals surface area contributed by atoms with Gasteiger partial charge in [0.25, 0.3) is 0 Å². The molecular weight excluding hydrogens is 182 g/mol. The summed E-state index contributed by atoms with van der Waals surface area (Å²) in [5.74, 6) is 0.623. The molecule has 86 valence electrons. The van der Waals surface area contributed by atoms with E-state index in [1.54, 1.807) is 6.92 Å². The van der Waals surface area contributed by atoms with Gasteiger partial charge in [0.05, 0.1) is 13.2 Å². The van der Waals surface area contributed by atoms with Crippen molar-refractivity contribution in [3.05, 3.63) is 0 Å². The van der Waals surface area contributed by atoms with Crippen molar-refractivity contribution < 1.29 is 16.4 Å². The zero-order valence-corrected chi connectivity index (χ0v) is 9.03. The van der Waals surface area contributed by atoms with Crippen LogP contribution in [-0.4, -0.2) is 24.2 Å². The van der Waals surface area contributed by atoms with E-state index in [1.807, 2.05) is 0 Å². The first-order valence-electron chi connectivity index (χ1n) is 5.07. The molecule has 1 atom stereocenters. The predicted octanol–water partition coefficient (Wildman–Crippen LogP) is 1.83. The van der Waals surface area contributed by atoms with Gasteiger partial charge in [-0.05, 0) is 25.7 Å². The van der Waals surface area contributed by atoms with Crippen LogP contribution in [0.2, 0.25) is 0 Å². The number of Topliss-reactive ketones (excluding diaryl/α,β-unsaturated/α-hetero) is 1. The number of carbonyl (C=O) groups excluding carboxylic acids is 1. The van der Waals surface area contributed by atoms with Crippen LogP contribution in [0.4, 0.5) is 0 Å². The first-order chi connectivity index (χ1) is 6.63. The molecule has 1 aliphatic rings. The van der Waals surface area contributed by atoms with E-state index in [0.717, 1.165) is 12.8 Å². The summed E-state index contributed by atoms with van der Waals surface area (Å²) in [4.78, 5) is 14.2. The monoisotopic (exact) mass is 205 g/mol. The molecule has 3 N–H and O–H groups in total. The van der Waals surface area contributed by atoms with Crippen LogP contribution < -0.4 is 5.73 Å². The maximum Gasteiger partial charge on any atom is 0.146 e. The van der Waals surface area contributed by atoms with E-state index in [0.29, 0.717) is 5.92 Å². The summed E-state index contributed by atoms with van der Waals surface area (Å²) in [6, 6.07) is -0.185. The molecule has 0 aromatic rings.